The van der Waals surface area contributed by atoms with Gasteiger partial charge in [-0.15, -0.1) is 23.1 Å². The van der Waals surface area contributed by atoms with Crippen molar-refractivity contribution in [2.75, 3.05) is 18.6 Å². The minimum atomic E-state index is -0.0271. The van der Waals surface area contributed by atoms with Crippen molar-refractivity contribution in [3.63, 3.8) is 0 Å². The van der Waals surface area contributed by atoms with E-state index in [1.165, 1.54) is 11.3 Å². The number of hydrogen-bond donors (Lipinski definition) is 0. The van der Waals surface area contributed by atoms with Gasteiger partial charge in [-0.2, -0.15) is 0 Å². The Bertz CT molecular complexity index is 672. The number of rotatable bonds is 3. The van der Waals surface area contributed by atoms with E-state index in [-0.39, 0.29) is 5.91 Å². The van der Waals surface area contributed by atoms with Gasteiger partial charge in [-0.25, -0.2) is 4.98 Å². The molecule has 1 atom stereocenters. The number of ether oxygens (including phenoxy) is 1. The molecule has 1 aliphatic heterocycles. The minimum Gasteiger partial charge on any atom is -0.378 e. The summed E-state index contributed by atoms with van der Waals surface area (Å²) in [6.07, 6.45) is 0.972. The molecule has 1 aromatic heterocycles. The fourth-order valence-electron chi connectivity index (χ4n) is 2.43. The number of methoxy groups -OCH3 is 1. The molecular formula is C16H18N2O2S2. The van der Waals surface area contributed by atoms with E-state index in [1.54, 1.807) is 7.11 Å². The molecule has 1 aliphatic rings. The van der Waals surface area contributed by atoms with Crippen LogP contribution in [-0.2, 0) is 11.3 Å². The first-order valence-corrected chi connectivity index (χ1v) is 8.96. The molecule has 1 unspecified atom stereocenters. The molecular weight excluding hydrogens is 316 g/mol. The monoisotopic (exact) mass is 334 g/mol. The first kappa shape index (κ1) is 15.5. The molecule has 0 N–H and O–H groups in total. The number of para-hydroxylation sites is 1. The standard InChI is InChI=1S/C16H18N2O2S2/c1-11-7-8-18(13-5-3-4-6-14(13)22-11)16(19)12-10-21-15(17-12)9-20-2/h3-6,10-11H,7-9H2,1-2H3. The van der Waals surface area contributed by atoms with Gasteiger partial charge in [0, 0.05) is 29.2 Å². The number of amides is 1. The Morgan fingerprint density at radius 3 is 3.09 bits per heavy atom. The van der Waals surface area contributed by atoms with Crippen molar-refractivity contribution < 1.29 is 9.53 Å². The number of benzene rings is 1. The molecule has 0 saturated carbocycles. The molecule has 0 aliphatic carbocycles. The summed E-state index contributed by atoms with van der Waals surface area (Å²) in [5, 5.41) is 3.15. The van der Waals surface area contributed by atoms with Gasteiger partial charge in [0.05, 0.1) is 12.3 Å². The summed E-state index contributed by atoms with van der Waals surface area (Å²) in [7, 11) is 1.63. The van der Waals surface area contributed by atoms with Crippen molar-refractivity contribution in [2.24, 2.45) is 0 Å². The Morgan fingerprint density at radius 1 is 1.45 bits per heavy atom. The van der Waals surface area contributed by atoms with Crippen LogP contribution in [0, 0.1) is 0 Å². The topological polar surface area (TPSA) is 42.4 Å². The number of hydrogen-bond acceptors (Lipinski definition) is 5. The first-order valence-electron chi connectivity index (χ1n) is 7.20. The fourth-order valence-corrected chi connectivity index (χ4v) is 4.29. The second-order valence-electron chi connectivity index (χ2n) is 5.20. The van der Waals surface area contributed by atoms with Gasteiger partial charge in [0.1, 0.15) is 10.7 Å². The van der Waals surface area contributed by atoms with Crippen LogP contribution in [0.15, 0.2) is 34.5 Å². The zero-order valence-electron chi connectivity index (χ0n) is 12.6. The number of aromatic nitrogens is 1. The number of anilines is 1. The Kier molecular flexibility index (Phi) is 4.81. The SMILES string of the molecule is COCc1nc(C(=O)N2CCC(C)Sc3ccccc32)cs1. The normalized spacial score (nSPS) is 17.9. The highest BCUT2D eigenvalue weighted by Crippen LogP contribution is 2.37. The summed E-state index contributed by atoms with van der Waals surface area (Å²) >= 11 is 3.30. The van der Waals surface area contributed by atoms with Gasteiger partial charge in [-0.3, -0.25) is 4.79 Å². The third-order valence-corrected chi connectivity index (χ3v) is 5.59. The lowest BCUT2D eigenvalue weighted by Crippen LogP contribution is -2.32. The molecule has 0 spiro atoms. The number of thiazole rings is 1. The minimum absolute atomic E-state index is 0.0271. The summed E-state index contributed by atoms with van der Waals surface area (Å²) < 4.78 is 5.08. The van der Waals surface area contributed by atoms with Gasteiger partial charge in [0.25, 0.3) is 5.91 Å². The number of fused-ring (bicyclic) bond motifs is 1. The smallest absolute Gasteiger partial charge is 0.277 e. The van der Waals surface area contributed by atoms with Crippen LogP contribution in [0.3, 0.4) is 0 Å². The molecule has 0 fully saturated rings. The molecule has 0 bridgehead atoms. The molecule has 22 heavy (non-hydrogen) atoms. The molecule has 4 nitrogen and oxygen atoms in total. The van der Waals surface area contributed by atoms with Gasteiger partial charge in [-0.1, -0.05) is 19.1 Å². The molecule has 0 saturated heterocycles. The van der Waals surface area contributed by atoms with Gasteiger partial charge < -0.3 is 9.64 Å². The Labute approximate surface area is 138 Å². The van der Waals surface area contributed by atoms with E-state index in [1.807, 2.05) is 40.2 Å². The average Bonchev–Trinajstić information content (AvgIpc) is 2.90. The van der Waals surface area contributed by atoms with Crippen LogP contribution < -0.4 is 4.90 Å². The fraction of sp³-hybridized carbons (Fsp3) is 0.375. The van der Waals surface area contributed by atoms with Crippen LogP contribution in [0.25, 0.3) is 0 Å². The third kappa shape index (κ3) is 3.19. The lowest BCUT2D eigenvalue weighted by Gasteiger charge is -2.21. The largest absolute Gasteiger partial charge is 0.378 e. The van der Waals surface area contributed by atoms with Crippen molar-refractivity contribution in [3.8, 4) is 0 Å². The molecule has 1 aromatic carbocycles. The highest BCUT2D eigenvalue weighted by molar-refractivity contribution is 8.00. The van der Waals surface area contributed by atoms with Crippen LogP contribution in [0.2, 0.25) is 0 Å². The number of nitrogens with zero attached hydrogens (tertiary/aromatic N) is 2. The third-order valence-electron chi connectivity index (χ3n) is 3.53. The molecule has 1 amide bonds. The quantitative estimate of drug-likeness (QED) is 0.856. The van der Waals surface area contributed by atoms with Crippen LogP contribution in [0.5, 0.6) is 0 Å². The zero-order valence-corrected chi connectivity index (χ0v) is 14.2. The Balaban J connectivity index is 1.91. The maximum atomic E-state index is 12.9. The molecule has 2 heterocycles. The van der Waals surface area contributed by atoms with E-state index in [9.17, 15) is 4.79 Å². The second kappa shape index (κ2) is 6.81. The van der Waals surface area contributed by atoms with Crippen molar-refractivity contribution in [1.29, 1.82) is 0 Å². The molecule has 6 heteroatoms. The van der Waals surface area contributed by atoms with Crippen LogP contribution >= 0.6 is 23.1 Å². The maximum absolute atomic E-state index is 12.9. The average molecular weight is 334 g/mol. The molecule has 0 radical (unpaired) electrons. The number of thioether (sulfide) groups is 1. The van der Waals surface area contributed by atoms with Crippen LogP contribution in [0.1, 0.15) is 28.8 Å². The Morgan fingerprint density at radius 2 is 2.27 bits per heavy atom. The molecule has 2 aromatic rings. The predicted octanol–water partition coefficient (Wildman–Crippen LogP) is 3.82. The second-order valence-corrected chi connectivity index (χ2v) is 7.62. The maximum Gasteiger partial charge on any atom is 0.277 e. The van der Waals surface area contributed by atoms with E-state index >= 15 is 0 Å². The highest BCUT2D eigenvalue weighted by atomic mass is 32.2. The lowest BCUT2D eigenvalue weighted by atomic mass is 10.2. The summed E-state index contributed by atoms with van der Waals surface area (Å²) in [4.78, 5) is 20.3. The van der Waals surface area contributed by atoms with E-state index in [4.69, 9.17) is 4.74 Å². The molecule has 3 rings (SSSR count). The van der Waals surface area contributed by atoms with E-state index in [2.05, 4.69) is 18.0 Å². The Hall–Kier alpha value is -1.37. The van der Waals surface area contributed by atoms with E-state index < -0.39 is 0 Å². The first-order chi connectivity index (χ1) is 10.7. The van der Waals surface area contributed by atoms with Gasteiger partial charge >= 0.3 is 0 Å². The van der Waals surface area contributed by atoms with Gasteiger partial charge in [-0.05, 0) is 18.6 Å². The van der Waals surface area contributed by atoms with Crippen molar-refractivity contribution in [2.45, 2.75) is 30.1 Å². The lowest BCUT2D eigenvalue weighted by molar-refractivity contribution is 0.0981. The van der Waals surface area contributed by atoms with Crippen molar-refractivity contribution in [3.05, 3.63) is 40.3 Å². The van der Waals surface area contributed by atoms with Crippen LogP contribution in [0.4, 0.5) is 5.69 Å². The summed E-state index contributed by atoms with van der Waals surface area (Å²) in [6, 6.07) is 8.10. The summed E-state index contributed by atoms with van der Waals surface area (Å²) in [5.41, 5.74) is 1.49. The van der Waals surface area contributed by atoms with Crippen LogP contribution in [-0.4, -0.2) is 29.8 Å². The van der Waals surface area contributed by atoms with Gasteiger partial charge in [0.15, 0.2) is 0 Å². The highest BCUT2D eigenvalue weighted by Gasteiger charge is 2.26. The predicted molar refractivity (Wildman–Crippen MR) is 90.9 cm³/mol. The van der Waals surface area contributed by atoms with Gasteiger partial charge in [0.2, 0.25) is 0 Å². The number of carbonyl (C=O) groups is 1. The summed E-state index contributed by atoms with van der Waals surface area (Å²) in [5.74, 6) is -0.0271. The molecule has 116 valence electrons. The van der Waals surface area contributed by atoms with E-state index in [0.29, 0.717) is 17.6 Å². The van der Waals surface area contributed by atoms with Crippen molar-refractivity contribution in [1.82, 2.24) is 4.98 Å². The summed E-state index contributed by atoms with van der Waals surface area (Å²) in [6.45, 7) is 3.37. The zero-order chi connectivity index (χ0) is 15.5. The number of carbonyl (C=O) groups excluding carboxylic acids is 1. The van der Waals surface area contributed by atoms with E-state index in [0.717, 1.165) is 28.6 Å². The van der Waals surface area contributed by atoms with Crippen molar-refractivity contribution >= 4 is 34.7 Å².